The van der Waals surface area contributed by atoms with Crippen LogP contribution < -0.4 is 5.32 Å². The summed E-state index contributed by atoms with van der Waals surface area (Å²) in [7, 11) is 0. The van der Waals surface area contributed by atoms with E-state index in [9.17, 15) is 13.2 Å². The van der Waals surface area contributed by atoms with Gasteiger partial charge in [0.25, 0.3) is 0 Å². The van der Waals surface area contributed by atoms with Gasteiger partial charge in [0, 0.05) is 38.3 Å². The Hall–Kier alpha value is -0.330. The molecule has 0 radical (unpaired) electrons. The number of nitrogens with zero attached hydrogens (tertiary/aromatic N) is 2. The van der Waals surface area contributed by atoms with Crippen molar-refractivity contribution in [3.05, 3.63) is 0 Å². The fourth-order valence-corrected chi connectivity index (χ4v) is 3.34. The zero-order chi connectivity index (χ0) is 14.8. The molecule has 0 aromatic carbocycles. The van der Waals surface area contributed by atoms with Gasteiger partial charge in [-0.2, -0.15) is 13.2 Å². The van der Waals surface area contributed by atoms with Crippen LogP contribution in [0.3, 0.4) is 0 Å². The first-order chi connectivity index (χ1) is 9.29. The molecule has 0 spiro atoms. The second-order valence-electron chi connectivity index (χ2n) is 6.64. The maximum Gasteiger partial charge on any atom is 0.391 e. The molecule has 1 N–H and O–H groups in total. The van der Waals surface area contributed by atoms with Gasteiger partial charge in [-0.15, -0.1) is 0 Å². The number of likely N-dealkylation sites (tertiary alicyclic amines) is 1. The summed E-state index contributed by atoms with van der Waals surface area (Å²) in [5.41, 5.74) is 0.0349. The molecule has 2 aliphatic rings. The summed E-state index contributed by atoms with van der Waals surface area (Å²) in [5.74, 6) is -1.10. The summed E-state index contributed by atoms with van der Waals surface area (Å²) in [6.07, 6.45) is -3.51. The van der Waals surface area contributed by atoms with Crippen LogP contribution in [-0.2, 0) is 0 Å². The first-order valence-corrected chi connectivity index (χ1v) is 7.54. The lowest BCUT2D eigenvalue weighted by Crippen LogP contribution is -2.58. The second kappa shape index (κ2) is 6.20. The Morgan fingerprint density at radius 2 is 1.55 bits per heavy atom. The molecule has 0 unspecified atom stereocenters. The van der Waals surface area contributed by atoms with Crippen molar-refractivity contribution in [3.63, 3.8) is 0 Å². The summed E-state index contributed by atoms with van der Waals surface area (Å²) >= 11 is 0. The minimum absolute atomic E-state index is 0.0349. The minimum atomic E-state index is -4.01. The third kappa shape index (κ3) is 4.09. The number of nitrogens with one attached hydrogen (secondary N) is 1. The van der Waals surface area contributed by atoms with E-state index in [4.69, 9.17) is 0 Å². The number of halogens is 3. The largest absolute Gasteiger partial charge is 0.391 e. The van der Waals surface area contributed by atoms with E-state index in [1.54, 1.807) is 0 Å². The van der Waals surface area contributed by atoms with Gasteiger partial charge in [-0.3, -0.25) is 4.90 Å². The highest BCUT2D eigenvalue weighted by atomic mass is 19.4. The highest BCUT2D eigenvalue weighted by Gasteiger charge is 2.42. The van der Waals surface area contributed by atoms with Crippen LogP contribution >= 0.6 is 0 Å². The molecule has 2 fully saturated rings. The lowest BCUT2D eigenvalue weighted by atomic mass is 9.94. The number of rotatable bonds is 3. The van der Waals surface area contributed by atoms with Crippen molar-refractivity contribution in [2.75, 3.05) is 45.8 Å². The highest BCUT2D eigenvalue weighted by molar-refractivity contribution is 4.89. The lowest BCUT2D eigenvalue weighted by molar-refractivity contribution is -0.185. The van der Waals surface area contributed by atoms with Crippen molar-refractivity contribution in [1.82, 2.24) is 15.1 Å². The average molecular weight is 293 g/mol. The molecule has 0 saturated carbocycles. The molecule has 0 aromatic rings. The number of piperidine rings is 1. The summed E-state index contributed by atoms with van der Waals surface area (Å²) in [6.45, 7) is 10.4. The van der Waals surface area contributed by atoms with Gasteiger partial charge in [-0.1, -0.05) is 0 Å². The van der Waals surface area contributed by atoms with E-state index < -0.39 is 12.1 Å². The summed E-state index contributed by atoms with van der Waals surface area (Å²) in [5, 5.41) is 3.33. The van der Waals surface area contributed by atoms with E-state index >= 15 is 0 Å². The van der Waals surface area contributed by atoms with Crippen LogP contribution in [0.5, 0.6) is 0 Å². The molecule has 2 heterocycles. The molecule has 118 valence electrons. The van der Waals surface area contributed by atoms with Crippen molar-refractivity contribution in [1.29, 1.82) is 0 Å². The van der Waals surface area contributed by atoms with Gasteiger partial charge in [0.1, 0.15) is 0 Å². The van der Waals surface area contributed by atoms with Crippen molar-refractivity contribution >= 4 is 0 Å². The van der Waals surface area contributed by atoms with Gasteiger partial charge in [0.2, 0.25) is 0 Å². The van der Waals surface area contributed by atoms with E-state index in [0.717, 1.165) is 32.7 Å². The topological polar surface area (TPSA) is 18.5 Å². The Morgan fingerprint density at radius 3 is 2.05 bits per heavy atom. The summed E-state index contributed by atoms with van der Waals surface area (Å²) < 4.78 is 38.0. The van der Waals surface area contributed by atoms with Gasteiger partial charge in [0.05, 0.1) is 5.92 Å². The molecule has 0 atom stereocenters. The van der Waals surface area contributed by atoms with Crippen LogP contribution in [0.1, 0.15) is 26.7 Å². The molecular formula is C14H26F3N3. The zero-order valence-corrected chi connectivity index (χ0v) is 12.5. The fourth-order valence-electron chi connectivity index (χ4n) is 3.34. The maximum atomic E-state index is 12.7. The quantitative estimate of drug-likeness (QED) is 0.858. The third-order valence-corrected chi connectivity index (χ3v) is 4.63. The Morgan fingerprint density at radius 1 is 1.00 bits per heavy atom. The van der Waals surface area contributed by atoms with Crippen molar-refractivity contribution < 1.29 is 13.2 Å². The first-order valence-electron chi connectivity index (χ1n) is 7.54. The summed E-state index contributed by atoms with van der Waals surface area (Å²) in [6, 6.07) is 0. The summed E-state index contributed by atoms with van der Waals surface area (Å²) in [4.78, 5) is 4.64. The molecular weight excluding hydrogens is 267 g/mol. The molecule has 0 aromatic heterocycles. The van der Waals surface area contributed by atoms with Gasteiger partial charge in [-0.25, -0.2) is 0 Å². The molecule has 2 rings (SSSR count). The van der Waals surface area contributed by atoms with E-state index in [1.807, 2.05) is 0 Å². The average Bonchev–Trinajstić information content (AvgIpc) is 2.39. The molecule has 0 amide bonds. The molecule has 6 heteroatoms. The molecule has 0 bridgehead atoms. The van der Waals surface area contributed by atoms with Gasteiger partial charge in [0.15, 0.2) is 0 Å². The van der Waals surface area contributed by atoms with Gasteiger partial charge >= 0.3 is 6.18 Å². The van der Waals surface area contributed by atoms with Gasteiger partial charge in [-0.05, 0) is 39.8 Å². The SMILES string of the molecule is CC(C)(CN1CCC(C(F)(F)F)CC1)N1CCNCC1. The van der Waals surface area contributed by atoms with E-state index in [-0.39, 0.29) is 18.4 Å². The number of alkyl halides is 3. The minimum Gasteiger partial charge on any atom is -0.314 e. The van der Waals surface area contributed by atoms with Gasteiger partial charge < -0.3 is 10.2 Å². The zero-order valence-electron chi connectivity index (χ0n) is 12.5. The molecule has 3 nitrogen and oxygen atoms in total. The number of piperazine rings is 1. The fraction of sp³-hybridized carbons (Fsp3) is 1.00. The smallest absolute Gasteiger partial charge is 0.314 e. The Bertz CT molecular complexity index is 303. The van der Waals surface area contributed by atoms with E-state index in [0.29, 0.717) is 13.1 Å². The standard InChI is InChI=1S/C14H26F3N3/c1-13(2,20-9-5-18-6-10-20)11-19-7-3-12(4-8-19)14(15,16)17/h12,18H,3-11H2,1-2H3. The molecule has 2 saturated heterocycles. The second-order valence-corrected chi connectivity index (χ2v) is 6.64. The van der Waals surface area contributed by atoms with Crippen molar-refractivity contribution in [2.45, 2.75) is 38.4 Å². The molecule has 0 aliphatic carbocycles. The lowest BCUT2D eigenvalue weighted by Gasteiger charge is -2.45. The Kier molecular flexibility index (Phi) is 4.97. The van der Waals surface area contributed by atoms with Crippen LogP contribution in [0.2, 0.25) is 0 Å². The highest BCUT2D eigenvalue weighted by Crippen LogP contribution is 2.34. The van der Waals surface area contributed by atoms with Crippen LogP contribution in [0, 0.1) is 5.92 Å². The van der Waals surface area contributed by atoms with E-state index in [1.165, 1.54) is 0 Å². The van der Waals surface area contributed by atoms with E-state index in [2.05, 4.69) is 29.0 Å². The first kappa shape index (κ1) is 16.0. The van der Waals surface area contributed by atoms with Crippen molar-refractivity contribution in [3.8, 4) is 0 Å². The van der Waals surface area contributed by atoms with Crippen molar-refractivity contribution in [2.24, 2.45) is 5.92 Å². The molecule has 2 aliphatic heterocycles. The predicted molar refractivity (Wildman–Crippen MR) is 73.7 cm³/mol. The Labute approximate surface area is 119 Å². The van der Waals surface area contributed by atoms with Crippen LogP contribution in [0.4, 0.5) is 13.2 Å². The van der Waals surface area contributed by atoms with Crippen LogP contribution in [-0.4, -0.2) is 67.3 Å². The monoisotopic (exact) mass is 293 g/mol. The van der Waals surface area contributed by atoms with Crippen LogP contribution in [0.15, 0.2) is 0 Å². The normalized spacial score (nSPS) is 25.1. The van der Waals surface area contributed by atoms with Crippen LogP contribution in [0.25, 0.3) is 0 Å². The molecule has 20 heavy (non-hydrogen) atoms. The maximum absolute atomic E-state index is 12.7. The number of hydrogen-bond acceptors (Lipinski definition) is 3. The predicted octanol–water partition coefficient (Wildman–Crippen LogP) is 1.94. The number of hydrogen-bond donors (Lipinski definition) is 1. The Balaban J connectivity index is 1.82. The third-order valence-electron chi connectivity index (χ3n) is 4.63.